The SMILES string of the molecule is Cc1cc(NC(=O)C=Cc2cccs2)[n+](-c2nc3ccccc3[nH]2)[nH]1. The number of hydrogen-bond acceptors (Lipinski definition) is 3. The van der Waals surface area contributed by atoms with E-state index in [0.29, 0.717) is 11.8 Å². The molecule has 0 bridgehead atoms. The van der Waals surface area contributed by atoms with Crippen molar-refractivity contribution in [2.75, 3.05) is 5.32 Å². The van der Waals surface area contributed by atoms with E-state index in [1.54, 1.807) is 22.1 Å². The number of rotatable bonds is 4. The first kappa shape index (κ1) is 15.3. The van der Waals surface area contributed by atoms with Crippen LogP contribution in [0.5, 0.6) is 0 Å². The van der Waals surface area contributed by atoms with Crippen LogP contribution in [0.15, 0.2) is 53.9 Å². The summed E-state index contributed by atoms with van der Waals surface area (Å²) in [5, 5.41) is 8.05. The van der Waals surface area contributed by atoms with Crippen LogP contribution >= 0.6 is 11.3 Å². The molecule has 6 nitrogen and oxygen atoms in total. The van der Waals surface area contributed by atoms with Crippen LogP contribution in [0.1, 0.15) is 10.6 Å². The number of aromatic amines is 2. The number of amides is 1. The lowest BCUT2D eigenvalue weighted by Crippen LogP contribution is -2.38. The topological polar surface area (TPSA) is 77.5 Å². The molecule has 124 valence electrons. The highest BCUT2D eigenvalue weighted by Crippen LogP contribution is 2.13. The lowest BCUT2D eigenvalue weighted by atomic mass is 10.3. The van der Waals surface area contributed by atoms with E-state index in [1.165, 1.54) is 6.08 Å². The van der Waals surface area contributed by atoms with Gasteiger partial charge in [0.2, 0.25) is 5.82 Å². The van der Waals surface area contributed by atoms with Crippen LogP contribution in [-0.4, -0.2) is 21.0 Å². The van der Waals surface area contributed by atoms with Gasteiger partial charge in [0, 0.05) is 22.7 Å². The maximum atomic E-state index is 12.2. The molecule has 0 fully saturated rings. The summed E-state index contributed by atoms with van der Waals surface area (Å²) in [6, 6.07) is 13.6. The van der Waals surface area contributed by atoms with E-state index >= 15 is 0 Å². The number of imidazole rings is 1. The van der Waals surface area contributed by atoms with E-state index < -0.39 is 0 Å². The van der Waals surface area contributed by atoms with Gasteiger partial charge in [-0.2, -0.15) is 0 Å². The van der Waals surface area contributed by atoms with E-state index in [1.807, 2.05) is 54.8 Å². The van der Waals surface area contributed by atoms with E-state index in [2.05, 4.69) is 20.4 Å². The Balaban J connectivity index is 1.61. The summed E-state index contributed by atoms with van der Waals surface area (Å²) in [5.41, 5.74) is 2.72. The third-order valence-electron chi connectivity index (χ3n) is 3.66. The highest BCUT2D eigenvalue weighted by molar-refractivity contribution is 7.10. The van der Waals surface area contributed by atoms with Crippen molar-refractivity contribution in [1.29, 1.82) is 0 Å². The lowest BCUT2D eigenvalue weighted by molar-refractivity contribution is -0.648. The molecule has 7 heteroatoms. The number of thiophene rings is 1. The molecule has 0 aliphatic rings. The number of carbonyl (C=O) groups is 1. The van der Waals surface area contributed by atoms with E-state index in [-0.39, 0.29) is 5.91 Å². The van der Waals surface area contributed by atoms with Gasteiger partial charge < -0.3 is 0 Å². The Bertz CT molecular complexity index is 1030. The quantitative estimate of drug-likeness (QED) is 0.390. The first-order chi connectivity index (χ1) is 12.2. The standard InChI is InChI=1S/C18H15N5OS/c1-12-11-16(21-17(24)9-8-13-5-4-10-25-13)23(22-12)18-19-14-6-2-3-7-15(14)20-18/h2-11H,1H3,(H2,19,20,21,22,24)/p+1. The van der Waals surface area contributed by atoms with Gasteiger partial charge in [0.15, 0.2) is 5.52 Å². The molecule has 3 aromatic heterocycles. The molecule has 4 rings (SSSR count). The Labute approximate surface area is 147 Å². The molecule has 0 saturated carbocycles. The molecular formula is C18H16N5OS+. The summed E-state index contributed by atoms with van der Waals surface area (Å²) in [7, 11) is 0. The van der Waals surface area contributed by atoms with Gasteiger partial charge >= 0.3 is 5.95 Å². The van der Waals surface area contributed by atoms with Crippen molar-refractivity contribution in [2.45, 2.75) is 6.92 Å². The number of para-hydroxylation sites is 2. The molecule has 0 saturated heterocycles. The van der Waals surface area contributed by atoms with E-state index in [4.69, 9.17) is 0 Å². The first-order valence-electron chi connectivity index (χ1n) is 7.78. The summed E-state index contributed by atoms with van der Waals surface area (Å²) in [5.74, 6) is 1.04. The zero-order chi connectivity index (χ0) is 17.2. The number of fused-ring (bicyclic) bond motifs is 1. The van der Waals surface area contributed by atoms with Crippen LogP contribution in [0.25, 0.3) is 23.1 Å². The van der Waals surface area contributed by atoms with Crippen molar-refractivity contribution in [3.63, 3.8) is 0 Å². The van der Waals surface area contributed by atoms with Crippen molar-refractivity contribution in [1.82, 2.24) is 15.1 Å². The first-order valence-corrected chi connectivity index (χ1v) is 8.66. The van der Waals surface area contributed by atoms with Crippen molar-refractivity contribution in [3.8, 4) is 5.95 Å². The Hall–Kier alpha value is -3.19. The van der Waals surface area contributed by atoms with Crippen LogP contribution in [-0.2, 0) is 4.79 Å². The van der Waals surface area contributed by atoms with Gasteiger partial charge in [-0.15, -0.1) is 21.0 Å². The Kier molecular flexibility index (Phi) is 3.91. The van der Waals surface area contributed by atoms with Crippen molar-refractivity contribution in [2.24, 2.45) is 0 Å². The number of aromatic nitrogens is 4. The van der Waals surface area contributed by atoms with E-state index in [0.717, 1.165) is 21.6 Å². The minimum atomic E-state index is -0.197. The Morgan fingerprint density at radius 2 is 2.16 bits per heavy atom. The highest BCUT2D eigenvalue weighted by atomic mass is 32.1. The molecule has 0 atom stereocenters. The largest absolute Gasteiger partial charge is 0.374 e. The third-order valence-corrected chi connectivity index (χ3v) is 4.50. The Morgan fingerprint density at radius 3 is 2.96 bits per heavy atom. The minimum Gasteiger partial charge on any atom is -0.258 e. The smallest absolute Gasteiger partial charge is 0.258 e. The number of benzene rings is 1. The fourth-order valence-electron chi connectivity index (χ4n) is 2.55. The predicted octanol–water partition coefficient (Wildman–Crippen LogP) is 3.19. The molecule has 4 aromatic rings. The molecule has 3 heterocycles. The molecule has 0 spiro atoms. The normalized spacial score (nSPS) is 11.4. The van der Waals surface area contributed by atoms with Gasteiger partial charge in [-0.1, -0.05) is 18.2 Å². The molecular weight excluding hydrogens is 334 g/mol. The maximum absolute atomic E-state index is 12.2. The third kappa shape index (κ3) is 3.22. The average Bonchev–Trinajstić information content (AvgIpc) is 3.32. The number of carbonyl (C=O) groups excluding carboxylic acids is 1. The lowest BCUT2D eigenvalue weighted by Gasteiger charge is -1.98. The average molecular weight is 350 g/mol. The number of nitrogens with one attached hydrogen (secondary N) is 3. The van der Waals surface area contributed by atoms with Gasteiger partial charge in [0.05, 0.1) is 0 Å². The number of anilines is 1. The number of H-pyrrole nitrogens is 2. The summed E-state index contributed by atoms with van der Waals surface area (Å²) in [6.07, 6.45) is 3.32. The van der Waals surface area contributed by atoms with Crippen LogP contribution in [0.4, 0.5) is 5.82 Å². The van der Waals surface area contributed by atoms with Crippen LogP contribution in [0, 0.1) is 6.92 Å². The summed E-state index contributed by atoms with van der Waals surface area (Å²) in [4.78, 5) is 21.1. The van der Waals surface area contributed by atoms with E-state index in [9.17, 15) is 4.79 Å². The Morgan fingerprint density at radius 1 is 1.28 bits per heavy atom. The van der Waals surface area contributed by atoms with Crippen LogP contribution < -0.4 is 10.00 Å². The highest BCUT2D eigenvalue weighted by Gasteiger charge is 2.19. The maximum Gasteiger partial charge on any atom is 0.374 e. The molecule has 0 unspecified atom stereocenters. The molecule has 1 amide bonds. The molecule has 25 heavy (non-hydrogen) atoms. The van der Waals surface area contributed by atoms with Gasteiger partial charge in [0.25, 0.3) is 5.91 Å². The number of nitrogens with zero attached hydrogens (tertiary/aromatic N) is 2. The monoisotopic (exact) mass is 350 g/mol. The van der Waals surface area contributed by atoms with Crippen LogP contribution in [0.2, 0.25) is 0 Å². The predicted molar refractivity (Wildman–Crippen MR) is 98.7 cm³/mol. The van der Waals surface area contributed by atoms with Gasteiger partial charge in [-0.25, -0.2) is 0 Å². The zero-order valence-corrected chi connectivity index (χ0v) is 14.3. The molecule has 0 aliphatic carbocycles. The van der Waals surface area contributed by atoms with Crippen molar-refractivity contribution >= 4 is 40.2 Å². The number of hydrogen-bond donors (Lipinski definition) is 3. The fourth-order valence-corrected chi connectivity index (χ4v) is 3.17. The number of aryl methyl sites for hydroxylation is 1. The van der Waals surface area contributed by atoms with Crippen molar-refractivity contribution < 1.29 is 9.48 Å². The summed E-state index contributed by atoms with van der Waals surface area (Å²) < 4.78 is 1.73. The fraction of sp³-hybridized carbons (Fsp3) is 0.0556. The van der Waals surface area contributed by atoms with Gasteiger partial charge in [0.1, 0.15) is 5.52 Å². The second kappa shape index (κ2) is 6.37. The summed E-state index contributed by atoms with van der Waals surface area (Å²) in [6.45, 7) is 1.93. The van der Waals surface area contributed by atoms with Gasteiger partial charge in [-0.3, -0.25) is 20.2 Å². The summed E-state index contributed by atoms with van der Waals surface area (Å²) >= 11 is 1.58. The molecule has 0 radical (unpaired) electrons. The zero-order valence-electron chi connectivity index (χ0n) is 13.5. The second-order valence-corrected chi connectivity index (χ2v) is 6.55. The minimum absolute atomic E-state index is 0.197. The molecule has 3 N–H and O–H groups in total. The van der Waals surface area contributed by atoms with Crippen molar-refractivity contribution in [3.05, 3.63) is 64.5 Å². The molecule has 0 aliphatic heterocycles. The molecule has 1 aromatic carbocycles. The second-order valence-electron chi connectivity index (χ2n) is 5.58. The van der Waals surface area contributed by atoms with Crippen LogP contribution in [0.3, 0.4) is 0 Å². The van der Waals surface area contributed by atoms with Gasteiger partial charge in [-0.05, 0) is 36.6 Å².